The molecule has 0 atom stereocenters. The van der Waals surface area contributed by atoms with Crippen LogP contribution in [0.25, 0.3) is 0 Å². The van der Waals surface area contributed by atoms with Crippen molar-refractivity contribution in [1.82, 2.24) is 4.90 Å². The van der Waals surface area contributed by atoms with Crippen molar-refractivity contribution in [3.8, 4) is 0 Å². The third-order valence-electron chi connectivity index (χ3n) is 2.83. The van der Waals surface area contributed by atoms with Crippen molar-refractivity contribution in [2.45, 2.75) is 13.8 Å². The van der Waals surface area contributed by atoms with Gasteiger partial charge < -0.3 is 15.5 Å². The number of nitrogens with one attached hydrogen (secondary N) is 1. The summed E-state index contributed by atoms with van der Waals surface area (Å²) in [5, 5.41) is 20.1. The SMILES string of the molecule is Cc1cccc(C)c1NC(=O)CN(CC(=O)O)CC(=O)O.[99Tc]. The normalized spacial score (nSPS) is 9.95. The number of hydrogen-bond donors (Lipinski definition) is 3. The molecule has 7 nitrogen and oxygen atoms in total. The zero-order chi connectivity index (χ0) is 16.0. The molecular weight excluding hydrogens is 375 g/mol. The van der Waals surface area contributed by atoms with Crippen LogP contribution in [0.5, 0.6) is 0 Å². The summed E-state index contributed by atoms with van der Waals surface area (Å²) < 4.78 is 0. The second kappa shape index (κ2) is 9.30. The molecule has 1 rings (SSSR count). The molecule has 22 heavy (non-hydrogen) atoms. The number of benzene rings is 1. The summed E-state index contributed by atoms with van der Waals surface area (Å²) in [5.74, 6) is -2.82. The third-order valence-corrected chi connectivity index (χ3v) is 2.83. The largest absolute Gasteiger partial charge is 0.480 e. The van der Waals surface area contributed by atoms with Crippen LogP contribution in [-0.2, 0) is 34.5 Å². The van der Waals surface area contributed by atoms with Gasteiger partial charge in [-0.15, -0.1) is 0 Å². The Labute approximate surface area is 141 Å². The number of amides is 1. The third kappa shape index (κ3) is 6.80. The fraction of sp³-hybridized carbons (Fsp3) is 0.357. The molecule has 1 aromatic rings. The van der Waals surface area contributed by atoms with Gasteiger partial charge in [0, 0.05) is 25.8 Å². The monoisotopic (exact) mass is 393 g/mol. The fourth-order valence-electron chi connectivity index (χ4n) is 1.94. The molecule has 3 N–H and O–H groups in total. The molecule has 0 aromatic heterocycles. The average molecular weight is 393 g/mol. The molecule has 0 fully saturated rings. The van der Waals surface area contributed by atoms with E-state index in [2.05, 4.69) is 5.32 Å². The number of nitrogens with zero attached hydrogens (tertiary/aromatic N) is 1. The topological polar surface area (TPSA) is 107 Å². The predicted molar refractivity (Wildman–Crippen MR) is 76.3 cm³/mol. The molecule has 1 aromatic carbocycles. The number of para-hydroxylation sites is 1. The predicted octanol–water partition coefficient (Wildman–Crippen LogP) is 0.711. The first-order valence-corrected chi connectivity index (χ1v) is 6.31. The summed E-state index contributed by atoms with van der Waals surface area (Å²) in [7, 11) is 0. The van der Waals surface area contributed by atoms with Gasteiger partial charge in [0.25, 0.3) is 0 Å². The van der Waals surface area contributed by atoms with E-state index in [9.17, 15) is 14.4 Å². The Bertz CT molecular complexity index is 526. The Kier molecular flexibility index (Phi) is 8.55. The van der Waals surface area contributed by atoms with Gasteiger partial charge in [-0.2, -0.15) is 0 Å². The smallest absolute Gasteiger partial charge is 0.317 e. The van der Waals surface area contributed by atoms with Crippen molar-refractivity contribution >= 4 is 23.5 Å². The van der Waals surface area contributed by atoms with Crippen LogP contribution in [0.2, 0.25) is 0 Å². The maximum atomic E-state index is 12.0. The molecule has 0 aliphatic rings. The summed E-state index contributed by atoms with van der Waals surface area (Å²) in [6, 6.07) is 5.55. The molecule has 8 heteroatoms. The Balaban J connectivity index is 0.00000441. The molecule has 1 amide bonds. The van der Waals surface area contributed by atoms with Gasteiger partial charge in [-0.1, -0.05) is 18.2 Å². The molecule has 0 heterocycles. The number of carbonyl (C=O) groups is 3. The number of carboxylic acids is 2. The molecule has 0 bridgehead atoms. The van der Waals surface area contributed by atoms with Crippen LogP contribution in [0, 0.1) is 13.8 Å². The first-order valence-electron chi connectivity index (χ1n) is 6.31. The van der Waals surface area contributed by atoms with E-state index >= 15 is 0 Å². The molecule has 0 spiro atoms. The Morgan fingerprint density at radius 2 is 1.45 bits per heavy atom. The van der Waals surface area contributed by atoms with E-state index in [0.29, 0.717) is 5.69 Å². The van der Waals surface area contributed by atoms with Gasteiger partial charge >= 0.3 is 11.9 Å². The average Bonchev–Trinajstić information content (AvgIpc) is 2.32. The zero-order valence-electron chi connectivity index (χ0n) is 12.3. The number of carbonyl (C=O) groups excluding carboxylic acids is 1. The Hall–Kier alpha value is -1.76. The minimum Gasteiger partial charge on any atom is -0.480 e. The van der Waals surface area contributed by atoms with E-state index in [1.165, 1.54) is 0 Å². The molecule has 0 unspecified atom stereocenters. The molecule has 0 aliphatic heterocycles. The first kappa shape index (κ1) is 20.2. The molecular formula is C14H18N2O5Tc. The van der Waals surface area contributed by atoms with Gasteiger partial charge in [-0.25, -0.2) is 0 Å². The van der Waals surface area contributed by atoms with E-state index in [4.69, 9.17) is 10.2 Å². The Morgan fingerprint density at radius 1 is 1.00 bits per heavy atom. The van der Waals surface area contributed by atoms with Gasteiger partial charge in [0.05, 0.1) is 19.6 Å². The summed E-state index contributed by atoms with van der Waals surface area (Å²) in [6.07, 6.45) is 0. The summed E-state index contributed by atoms with van der Waals surface area (Å²) in [5.41, 5.74) is 2.42. The molecule has 0 saturated carbocycles. The van der Waals surface area contributed by atoms with Crippen LogP contribution in [0.4, 0.5) is 5.69 Å². The standard InChI is InChI=1S/C14H18N2O5.Tc/c1-9-4-3-5-10(2)14(9)15-11(17)6-16(7-12(18)19)8-13(20)21;/h3-5H,6-8H2,1-2H3,(H,15,17)(H,18,19)(H,20,21);/i;1+1. The molecule has 121 valence electrons. The van der Waals surface area contributed by atoms with Crippen molar-refractivity contribution < 1.29 is 44.7 Å². The maximum absolute atomic E-state index is 12.0. The van der Waals surface area contributed by atoms with Crippen molar-refractivity contribution in [3.63, 3.8) is 0 Å². The minimum absolute atomic E-state index is 0. The van der Waals surface area contributed by atoms with Crippen molar-refractivity contribution in [1.29, 1.82) is 0 Å². The molecule has 1 radical (unpaired) electrons. The summed E-state index contributed by atoms with van der Waals surface area (Å²) >= 11 is 0. The quantitative estimate of drug-likeness (QED) is 0.630. The van der Waals surface area contributed by atoms with Crippen molar-refractivity contribution in [2.24, 2.45) is 0 Å². The van der Waals surface area contributed by atoms with Crippen LogP contribution < -0.4 is 5.32 Å². The van der Waals surface area contributed by atoms with Crippen LogP contribution in [0.15, 0.2) is 18.2 Å². The first-order chi connectivity index (χ1) is 9.79. The van der Waals surface area contributed by atoms with E-state index in [-0.39, 0.29) is 26.7 Å². The van der Waals surface area contributed by atoms with Crippen molar-refractivity contribution in [3.05, 3.63) is 29.3 Å². The number of aryl methyl sites for hydroxylation is 2. The minimum atomic E-state index is -1.18. The van der Waals surface area contributed by atoms with Gasteiger partial charge in [-0.05, 0) is 25.0 Å². The van der Waals surface area contributed by atoms with E-state index in [1.807, 2.05) is 32.0 Å². The Morgan fingerprint density at radius 3 is 1.86 bits per heavy atom. The summed E-state index contributed by atoms with van der Waals surface area (Å²) in [6.45, 7) is 2.37. The van der Waals surface area contributed by atoms with Crippen LogP contribution in [0.3, 0.4) is 0 Å². The van der Waals surface area contributed by atoms with Crippen LogP contribution >= 0.6 is 0 Å². The fourth-order valence-corrected chi connectivity index (χ4v) is 1.94. The maximum Gasteiger partial charge on any atom is 0.317 e. The van der Waals surface area contributed by atoms with Gasteiger partial charge in [0.15, 0.2) is 0 Å². The number of carboxylic acid groups (broad SMARTS) is 2. The number of anilines is 1. The number of hydrogen-bond acceptors (Lipinski definition) is 4. The van der Waals surface area contributed by atoms with Crippen LogP contribution in [0.1, 0.15) is 11.1 Å². The van der Waals surface area contributed by atoms with Gasteiger partial charge in [0.1, 0.15) is 0 Å². The second-order valence-corrected chi connectivity index (χ2v) is 4.75. The van der Waals surface area contributed by atoms with Crippen LogP contribution in [-0.4, -0.2) is 52.6 Å². The van der Waals surface area contributed by atoms with Gasteiger partial charge in [-0.3, -0.25) is 19.3 Å². The van der Waals surface area contributed by atoms with Crippen molar-refractivity contribution in [2.75, 3.05) is 25.0 Å². The zero-order valence-corrected chi connectivity index (χ0v) is 14.2. The van der Waals surface area contributed by atoms with E-state index < -0.39 is 30.9 Å². The number of aliphatic carboxylic acids is 2. The second-order valence-electron chi connectivity index (χ2n) is 4.75. The summed E-state index contributed by atoms with van der Waals surface area (Å²) in [4.78, 5) is 34.3. The van der Waals surface area contributed by atoms with E-state index in [0.717, 1.165) is 16.0 Å². The molecule has 0 aliphatic carbocycles. The number of rotatable bonds is 7. The van der Waals surface area contributed by atoms with E-state index in [1.54, 1.807) is 0 Å². The molecule has 0 saturated heterocycles. The van der Waals surface area contributed by atoms with Gasteiger partial charge in [0.2, 0.25) is 5.91 Å².